The van der Waals surface area contributed by atoms with Gasteiger partial charge in [-0.05, 0) is 54.9 Å². The lowest BCUT2D eigenvalue weighted by Gasteiger charge is -2.29. The Hall–Kier alpha value is -0.540. The lowest BCUT2D eigenvalue weighted by Crippen LogP contribution is -2.34. The number of rotatable bonds is 7. The molecular weight excluding hydrogens is 302 g/mol. The fraction of sp³-hybridized carbons (Fsp3) is 0.625. The number of benzene rings is 1. The van der Waals surface area contributed by atoms with E-state index in [-0.39, 0.29) is 5.41 Å². The van der Waals surface area contributed by atoms with E-state index in [0.717, 1.165) is 29.2 Å². The molecular formula is C16H24BrNO. The van der Waals surface area contributed by atoms with Gasteiger partial charge in [-0.1, -0.05) is 29.8 Å². The minimum Gasteiger partial charge on any atom is -0.496 e. The molecule has 2 rings (SSSR count). The highest BCUT2D eigenvalue weighted by atomic mass is 79.9. The van der Waals surface area contributed by atoms with Crippen molar-refractivity contribution in [3.63, 3.8) is 0 Å². The topological polar surface area (TPSA) is 21.3 Å². The Balaban J connectivity index is 2.08. The van der Waals surface area contributed by atoms with E-state index in [9.17, 15) is 0 Å². The van der Waals surface area contributed by atoms with Gasteiger partial charge in [-0.15, -0.1) is 0 Å². The normalized spacial score (nSPS) is 18.1. The molecule has 1 aromatic rings. The Morgan fingerprint density at radius 3 is 2.74 bits per heavy atom. The lowest BCUT2D eigenvalue weighted by molar-refractivity contribution is 0.284. The molecule has 0 heterocycles. The van der Waals surface area contributed by atoms with Gasteiger partial charge in [0.25, 0.3) is 0 Å². The van der Waals surface area contributed by atoms with Gasteiger partial charge in [-0.2, -0.15) is 0 Å². The number of methoxy groups -OCH3 is 1. The monoisotopic (exact) mass is 325 g/mol. The second kappa shape index (κ2) is 6.27. The van der Waals surface area contributed by atoms with Crippen LogP contribution < -0.4 is 10.1 Å². The van der Waals surface area contributed by atoms with Crippen LogP contribution in [-0.4, -0.2) is 19.7 Å². The van der Waals surface area contributed by atoms with Crippen molar-refractivity contribution in [2.24, 2.45) is 5.41 Å². The first-order valence-electron chi connectivity index (χ1n) is 7.12. The SMILES string of the molecule is CCC(C)(CNC1CC1)Cc1cc(Br)ccc1OC. The van der Waals surface area contributed by atoms with Gasteiger partial charge < -0.3 is 10.1 Å². The number of hydrogen-bond acceptors (Lipinski definition) is 2. The molecule has 0 aliphatic heterocycles. The summed E-state index contributed by atoms with van der Waals surface area (Å²) in [6, 6.07) is 7.04. The molecule has 1 aliphatic rings. The average Bonchev–Trinajstić information content (AvgIpc) is 3.21. The highest BCUT2D eigenvalue weighted by Crippen LogP contribution is 2.33. The van der Waals surface area contributed by atoms with Crippen molar-refractivity contribution in [2.75, 3.05) is 13.7 Å². The van der Waals surface area contributed by atoms with E-state index in [1.807, 2.05) is 12.1 Å². The summed E-state index contributed by atoms with van der Waals surface area (Å²) in [4.78, 5) is 0. The predicted molar refractivity (Wildman–Crippen MR) is 83.8 cm³/mol. The van der Waals surface area contributed by atoms with Crippen molar-refractivity contribution in [1.29, 1.82) is 0 Å². The summed E-state index contributed by atoms with van der Waals surface area (Å²) in [6.45, 7) is 5.73. The minimum absolute atomic E-state index is 0.288. The lowest BCUT2D eigenvalue weighted by atomic mass is 9.81. The van der Waals surface area contributed by atoms with Crippen LogP contribution in [0.3, 0.4) is 0 Å². The van der Waals surface area contributed by atoms with Gasteiger partial charge in [0.1, 0.15) is 5.75 Å². The van der Waals surface area contributed by atoms with E-state index in [1.165, 1.54) is 24.8 Å². The summed E-state index contributed by atoms with van der Waals surface area (Å²) in [5.41, 5.74) is 1.58. The Morgan fingerprint density at radius 2 is 2.16 bits per heavy atom. The van der Waals surface area contributed by atoms with Crippen LogP contribution in [0, 0.1) is 5.41 Å². The summed E-state index contributed by atoms with van der Waals surface area (Å²) in [5.74, 6) is 0.995. The van der Waals surface area contributed by atoms with E-state index in [0.29, 0.717) is 0 Å². The zero-order chi connectivity index (χ0) is 13.9. The Morgan fingerprint density at radius 1 is 1.42 bits per heavy atom. The van der Waals surface area contributed by atoms with E-state index < -0.39 is 0 Å². The van der Waals surface area contributed by atoms with Crippen LogP contribution in [0.1, 0.15) is 38.7 Å². The molecule has 0 radical (unpaired) electrons. The molecule has 1 fully saturated rings. The predicted octanol–water partition coefficient (Wildman–Crippen LogP) is 4.17. The first kappa shape index (κ1) is 14.9. The molecule has 1 aromatic carbocycles. The van der Waals surface area contributed by atoms with Crippen LogP contribution in [0.5, 0.6) is 5.75 Å². The van der Waals surface area contributed by atoms with Crippen molar-refractivity contribution in [3.05, 3.63) is 28.2 Å². The standard InChI is InChI=1S/C16H24BrNO/c1-4-16(2,11-18-14-6-7-14)10-12-9-13(17)5-8-15(12)19-3/h5,8-9,14,18H,4,6-7,10-11H2,1-3H3. The fourth-order valence-electron chi connectivity index (χ4n) is 2.34. The quantitative estimate of drug-likeness (QED) is 0.812. The molecule has 1 saturated carbocycles. The van der Waals surface area contributed by atoms with Crippen molar-refractivity contribution in [3.8, 4) is 5.75 Å². The fourth-order valence-corrected chi connectivity index (χ4v) is 2.74. The van der Waals surface area contributed by atoms with Gasteiger partial charge in [0.2, 0.25) is 0 Å². The van der Waals surface area contributed by atoms with E-state index >= 15 is 0 Å². The minimum atomic E-state index is 0.288. The molecule has 19 heavy (non-hydrogen) atoms. The van der Waals surface area contributed by atoms with Crippen molar-refractivity contribution >= 4 is 15.9 Å². The Bertz CT molecular complexity index is 431. The Labute approximate surface area is 125 Å². The first-order valence-corrected chi connectivity index (χ1v) is 7.91. The zero-order valence-electron chi connectivity index (χ0n) is 12.1. The summed E-state index contributed by atoms with van der Waals surface area (Å²) in [7, 11) is 1.75. The highest BCUT2D eigenvalue weighted by Gasteiger charge is 2.28. The second-order valence-electron chi connectivity index (χ2n) is 5.95. The molecule has 1 unspecified atom stereocenters. The molecule has 0 aromatic heterocycles. The molecule has 0 spiro atoms. The number of halogens is 1. The molecule has 0 saturated heterocycles. The molecule has 0 bridgehead atoms. The molecule has 0 amide bonds. The van der Waals surface area contributed by atoms with Crippen molar-refractivity contribution in [1.82, 2.24) is 5.32 Å². The second-order valence-corrected chi connectivity index (χ2v) is 6.87. The van der Waals surface area contributed by atoms with Crippen LogP contribution >= 0.6 is 15.9 Å². The van der Waals surface area contributed by atoms with Crippen LogP contribution in [0.25, 0.3) is 0 Å². The van der Waals surface area contributed by atoms with Gasteiger partial charge in [-0.3, -0.25) is 0 Å². The number of hydrogen-bond donors (Lipinski definition) is 1. The van der Waals surface area contributed by atoms with E-state index in [1.54, 1.807) is 7.11 Å². The third-order valence-corrected chi connectivity index (χ3v) is 4.60. The Kier molecular flexibility index (Phi) is 4.91. The largest absolute Gasteiger partial charge is 0.496 e. The van der Waals surface area contributed by atoms with Gasteiger partial charge in [0.05, 0.1) is 7.11 Å². The summed E-state index contributed by atoms with van der Waals surface area (Å²) in [5, 5.41) is 3.67. The van der Waals surface area contributed by atoms with Gasteiger partial charge in [0.15, 0.2) is 0 Å². The molecule has 1 N–H and O–H groups in total. The average molecular weight is 326 g/mol. The summed E-state index contributed by atoms with van der Waals surface area (Å²) in [6.07, 6.45) is 4.91. The molecule has 1 aliphatic carbocycles. The molecule has 3 heteroatoms. The maximum Gasteiger partial charge on any atom is 0.122 e. The van der Waals surface area contributed by atoms with Crippen LogP contribution in [0.4, 0.5) is 0 Å². The van der Waals surface area contributed by atoms with E-state index in [4.69, 9.17) is 4.74 Å². The van der Waals surface area contributed by atoms with Gasteiger partial charge in [-0.25, -0.2) is 0 Å². The maximum absolute atomic E-state index is 5.49. The highest BCUT2D eigenvalue weighted by molar-refractivity contribution is 9.10. The van der Waals surface area contributed by atoms with Gasteiger partial charge >= 0.3 is 0 Å². The van der Waals surface area contributed by atoms with Crippen molar-refractivity contribution in [2.45, 2.75) is 45.6 Å². The maximum atomic E-state index is 5.49. The van der Waals surface area contributed by atoms with E-state index in [2.05, 4.69) is 41.2 Å². The third kappa shape index (κ3) is 4.22. The zero-order valence-corrected chi connectivity index (χ0v) is 13.7. The third-order valence-electron chi connectivity index (χ3n) is 4.11. The molecule has 1 atom stereocenters. The van der Waals surface area contributed by atoms with Crippen molar-refractivity contribution < 1.29 is 4.74 Å². The van der Waals surface area contributed by atoms with Gasteiger partial charge in [0, 0.05) is 17.1 Å². The first-order chi connectivity index (χ1) is 9.06. The summed E-state index contributed by atoms with van der Waals surface area (Å²) < 4.78 is 6.61. The number of ether oxygens (including phenoxy) is 1. The van der Waals surface area contributed by atoms with Crippen LogP contribution in [0.15, 0.2) is 22.7 Å². The number of nitrogens with one attached hydrogen (secondary N) is 1. The molecule has 2 nitrogen and oxygen atoms in total. The smallest absolute Gasteiger partial charge is 0.122 e. The summed E-state index contributed by atoms with van der Waals surface area (Å²) >= 11 is 3.56. The molecule has 106 valence electrons. The van der Waals surface area contributed by atoms with Crippen LogP contribution in [0.2, 0.25) is 0 Å². The van der Waals surface area contributed by atoms with Crippen LogP contribution in [-0.2, 0) is 6.42 Å².